The number of halogens is 1. The molecule has 2 aromatic rings. The van der Waals surface area contributed by atoms with E-state index in [1.54, 1.807) is 36.4 Å². The molecule has 5 nitrogen and oxygen atoms in total. The molecule has 0 aromatic heterocycles. The summed E-state index contributed by atoms with van der Waals surface area (Å²) in [4.78, 5) is 10.7. The van der Waals surface area contributed by atoms with E-state index in [9.17, 15) is 10.1 Å². The van der Waals surface area contributed by atoms with Crippen LogP contribution in [-0.2, 0) is 5.33 Å². The van der Waals surface area contributed by atoms with Crippen molar-refractivity contribution in [1.82, 2.24) is 0 Å². The summed E-state index contributed by atoms with van der Waals surface area (Å²) < 4.78 is 11.0. The molecule has 2 rings (SSSR count). The number of benzene rings is 2. The Morgan fingerprint density at radius 2 is 1.95 bits per heavy atom. The molecule has 0 spiro atoms. The second-order valence-electron chi connectivity index (χ2n) is 4.20. The van der Waals surface area contributed by atoms with Crippen molar-refractivity contribution in [2.75, 3.05) is 6.61 Å². The fraction of sp³-hybridized carbons (Fsp3) is 0.200. The summed E-state index contributed by atoms with van der Waals surface area (Å²) >= 11 is 3.28. The van der Waals surface area contributed by atoms with Crippen LogP contribution in [-0.4, -0.2) is 11.5 Å². The first kappa shape index (κ1) is 15.3. The number of nitro benzene ring substituents is 1. The monoisotopic (exact) mass is 351 g/mol. The van der Waals surface area contributed by atoms with Crippen LogP contribution >= 0.6 is 15.9 Å². The van der Waals surface area contributed by atoms with Crippen molar-refractivity contribution in [1.29, 1.82) is 0 Å². The van der Waals surface area contributed by atoms with E-state index in [1.165, 1.54) is 6.07 Å². The molecule has 0 aliphatic heterocycles. The van der Waals surface area contributed by atoms with Gasteiger partial charge < -0.3 is 9.47 Å². The van der Waals surface area contributed by atoms with Gasteiger partial charge in [0, 0.05) is 17.5 Å². The number of alkyl halides is 1. The smallest absolute Gasteiger partial charge is 0.311 e. The second-order valence-corrected chi connectivity index (χ2v) is 4.76. The third kappa shape index (κ3) is 3.95. The van der Waals surface area contributed by atoms with Crippen molar-refractivity contribution in [2.24, 2.45) is 0 Å². The van der Waals surface area contributed by atoms with Gasteiger partial charge in [-0.15, -0.1) is 0 Å². The quantitative estimate of drug-likeness (QED) is 0.430. The van der Waals surface area contributed by atoms with Gasteiger partial charge in [-0.05, 0) is 30.7 Å². The topological polar surface area (TPSA) is 61.6 Å². The zero-order valence-electron chi connectivity index (χ0n) is 11.4. The summed E-state index contributed by atoms with van der Waals surface area (Å²) in [5.41, 5.74) is 0.755. The van der Waals surface area contributed by atoms with Gasteiger partial charge in [0.1, 0.15) is 11.5 Å². The minimum absolute atomic E-state index is 0.0613. The molecule has 0 unspecified atom stereocenters. The van der Waals surface area contributed by atoms with Crippen LogP contribution in [0.2, 0.25) is 0 Å². The zero-order chi connectivity index (χ0) is 15.2. The van der Waals surface area contributed by atoms with Gasteiger partial charge in [0.25, 0.3) is 0 Å². The maximum Gasteiger partial charge on any atom is 0.311 e. The van der Waals surface area contributed by atoms with E-state index in [4.69, 9.17) is 9.47 Å². The van der Waals surface area contributed by atoms with Gasteiger partial charge in [-0.3, -0.25) is 10.1 Å². The van der Waals surface area contributed by atoms with E-state index in [0.29, 0.717) is 23.4 Å². The summed E-state index contributed by atoms with van der Waals surface area (Å²) in [7, 11) is 0. The molecule has 0 fully saturated rings. The summed E-state index contributed by atoms with van der Waals surface area (Å²) in [5.74, 6) is 1.36. The lowest BCUT2D eigenvalue weighted by atomic mass is 10.2. The molecule has 0 N–H and O–H groups in total. The highest BCUT2D eigenvalue weighted by molar-refractivity contribution is 9.08. The van der Waals surface area contributed by atoms with Gasteiger partial charge in [-0.25, -0.2) is 0 Å². The molecule has 110 valence electrons. The molecular weight excluding hydrogens is 338 g/mol. The number of ether oxygens (including phenoxy) is 2. The lowest BCUT2D eigenvalue weighted by Gasteiger charge is -2.09. The van der Waals surface area contributed by atoms with Crippen molar-refractivity contribution in [3.05, 3.63) is 58.1 Å². The van der Waals surface area contributed by atoms with Crippen molar-refractivity contribution in [3.8, 4) is 17.2 Å². The third-order valence-electron chi connectivity index (χ3n) is 2.72. The minimum Gasteiger partial charge on any atom is -0.494 e. The number of nitro groups is 1. The first-order valence-electron chi connectivity index (χ1n) is 6.38. The zero-order valence-corrected chi connectivity index (χ0v) is 13.0. The number of nitrogens with zero attached hydrogens (tertiary/aromatic N) is 1. The maximum absolute atomic E-state index is 11.1. The largest absolute Gasteiger partial charge is 0.494 e. The summed E-state index contributed by atoms with van der Waals surface area (Å²) in [5, 5.41) is 11.7. The van der Waals surface area contributed by atoms with Crippen LogP contribution < -0.4 is 9.47 Å². The van der Waals surface area contributed by atoms with Gasteiger partial charge in [0.05, 0.1) is 11.5 Å². The van der Waals surface area contributed by atoms with Gasteiger partial charge >= 0.3 is 5.69 Å². The highest BCUT2D eigenvalue weighted by atomic mass is 79.9. The average molecular weight is 352 g/mol. The first-order chi connectivity index (χ1) is 10.1. The van der Waals surface area contributed by atoms with Gasteiger partial charge in [-0.2, -0.15) is 0 Å². The lowest BCUT2D eigenvalue weighted by molar-refractivity contribution is -0.385. The van der Waals surface area contributed by atoms with Crippen LogP contribution in [0.5, 0.6) is 17.2 Å². The Bertz CT molecular complexity index is 645. The van der Waals surface area contributed by atoms with Crippen LogP contribution in [0.25, 0.3) is 0 Å². The van der Waals surface area contributed by atoms with E-state index in [0.717, 1.165) is 5.56 Å². The van der Waals surface area contributed by atoms with Gasteiger partial charge in [-0.1, -0.05) is 28.1 Å². The average Bonchev–Trinajstić information content (AvgIpc) is 2.48. The molecule has 6 heteroatoms. The lowest BCUT2D eigenvalue weighted by Crippen LogP contribution is -1.95. The second kappa shape index (κ2) is 7.08. The molecule has 0 aliphatic rings. The van der Waals surface area contributed by atoms with Crippen LogP contribution in [0.1, 0.15) is 12.5 Å². The van der Waals surface area contributed by atoms with Crippen LogP contribution in [0, 0.1) is 10.1 Å². The Morgan fingerprint density at radius 1 is 1.19 bits per heavy atom. The highest BCUT2D eigenvalue weighted by Crippen LogP contribution is 2.33. The first-order valence-corrected chi connectivity index (χ1v) is 7.50. The molecule has 0 heterocycles. The number of hydrogen-bond donors (Lipinski definition) is 0. The van der Waals surface area contributed by atoms with Crippen molar-refractivity contribution in [3.63, 3.8) is 0 Å². The molecule has 0 atom stereocenters. The fourth-order valence-corrected chi connectivity index (χ4v) is 2.14. The highest BCUT2D eigenvalue weighted by Gasteiger charge is 2.16. The molecule has 0 saturated heterocycles. The van der Waals surface area contributed by atoms with E-state index in [2.05, 4.69) is 15.9 Å². The van der Waals surface area contributed by atoms with Crippen LogP contribution in [0.3, 0.4) is 0 Å². The summed E-state index contributed by atoms with van der Waals surface area (Å²) in [6.07, 6.45) is 0. The normalized spacial score (nSPS) is 10.2. The molecule has 0 amide bonds. The van der Waals surface area contributed by atoms with Crippen molar-refractivity contribution >= 4 is 21.6 Å². The Balaban J connectivity index is 2.30. The van der Waals surface area contributed by atoms with Crippen molar-refractivity contribution < 1.29 is 14.4 Å². The summed E-state index contributed by atoms with van der Waals surface area (Å²) in [6.45, 7) is 2.43. The van der Waals surface area contributed by atoms with Gasteiger partial charge in [0.15, 0.2) is 0 Å². The molecule has 0 aliphatic carbocycles. The number of hydrogen-bond acceptors (Lipinski definition) is 4. The Hall–Kier alpha value is -2.08. The molecule has 21 heavy (non-hydrogen) atoms. The van der Waals surface area contributed by atoms with Crippen LogP contribution in [0.4, 0.5) is 5.69 Å². The van der Waals surface area contributed by atoms with Crippen molar-refractivity contribution in [2.45, 2.75) is 12.3 Å². The molecule has 0 radical (unpaired) electrons. The van der Waals surface area contributed by atoms with E-state index in [-0.39, 0.29) is 11.4 Å². The van der Waals surface area contributed by atoms with Crippen LogP contribution in [0.15, 0.2) is 42.5 Å². The molecule has 0 bridgehead atoms. The Kier molecular flexibility index (Phi) is 5.16. The van der Waals surface area contributed by atoms with E-state index in [1.807, 2.05) is 6.92 Å². The van der Waals surface area contributed by atoms with E-state index < -0.39 is 4.92 Å². The van der Waals surface area contributed by atoms with Gasteiger partial charge in [0.2, 0.25) is 5.75 Å². The fourth-order valence-electron chi connectivity index (χ4n) is 1.80. The molecule has 2 aromatic carbocycles. The van der Waals surface area contributed by atoms with E-state index >= 15 is 0 Å². The predicted molar refractivity (Wildman–Crippen MR) is 83.4 cm³/mol. The molecule has 0 saturated carbocycles. The maximum atomic E-state index is 11.1. The predicted octanol–water partition coefficient (Wildman–Crippen LogP) is 4.68. The minimum atomic E-state index is -0.451. The SMILES string of the molecule is CCOc1cccc(Oc2ccc(CBr)cc2[N+](=O)[O-])c1. The Morgan fingerprint density at radius 3 is 2.62 bits per heavy atom. The molecular formula is C15H14BrNO4. The third-order valence-corrected chi connectivity index (χ3v) is 3.37. The number of rotatable bonds is 6. The standard InChI is InChI=1S/C15H14BrNO4/c1-2-20-12-4-3-5-13(9-12)21-15-7-6-11(10-16)8-14(15)17(18)19/h3-9H,2,10H2,1H3. The summed E-state index contributed by atoms with van der Waals surface area (Å²) in [6, 6.07) is 11.9. The Labute approximate surface area is 130 Å².